The molecule has 0 bridgehead atoms. The molecule has 0 aromatic rings. The van der Waals surface area contributed by atoms with Gasteiger partial charge < -0.3 is 5.73 Å². The first-order valence-corrected chi connectivity index (χ1v) is 4.26. The van der Waals surface area contributed by atoms with Crippen molar-refractivity contribution in [2.45, 2.75) is 33.1 Å². The zero-order valence-corrected chi connectivity index (χ0v) is 7.84. The Bertz CT molecular complexity index is 69.7. The van der Waals surface area contributed by atoms with Crippen LogP contribution in [0.4, 0.5) is 0 Å². The smallest absolute Gasteiger partial charge is 0.0700 e. The lowest BCUT2D eigenvalue weighted by Gasteiger charge is -2.22. The number of hydrogen-bond donors (Lipinski definition) is 1. The predicted molar refractivity (Wildman–Crippen MR) is 49.5 cm³/mol. The van der Waals surface area contributed by atoms with Crippen molar-refractivity contribution in [1.82, 2.24) is 0 Å². The number of nitroso groups, excluding NO2 is 1. The molecule has 0 aromatic heterocycles. The summed E-state index contributed by atoms with van der Waals surface area (Å²) in [5.41, 5.74) is 5.33. The highest BCUT2D eigenvalue weighted by Gasteiger charge is 2.13. The largest absolute Gasteiger partial charge is 0.330 e. The van der Waals surface area contributed by atoms with E-state index in [1.807, 2.05) is 13.8 Å². The third-order valence-electron chi connectivity index (χ3n) is 1.56. The Balaban J connectivity index is 0. The zero-order valence-electron chi connectivity index (χ0n) is 7.84. The Kier molecular flexibility index (Phi) is 14.7. The second kappa shape index (κ2) is 12.3. The van der Waals surface area contributed by atoms with E-state index < -0.39 is 0 Å². The van der Waals surface area contributed by atoms with Gasteiger partial charge in [0.1, 0.15) is 0 Å². The molecule has 1 rings (SSSR count). The van der Waals surface area contributed by atoms with Gasteiger partial charge in [-0.3, -0.25) is 0 Å². The lowest BCUT2D eigenvalue weighted by Crippen LogP contribution is -2.20. The maximum absolute atomic E-state index is 8.56. The van der Waals surface area contributed by atoms with Gasteiger partial charge in [-0.05, 0) is 25.3 Å². The minimum atomic E-state index is 0.894. The van der Waals surface area contributed by atoms with Crippen LogP contribution in [0.1, 0.15) is 33.1 Å². The minimum absolute atomic E-state index is 0.894. The van der Waals surface area contributed by atoms with Gasteiger partial charge in [-0.15, -0.1) is 0 Å². The van der Waals surface area contributed by atoms with Crippen molar-refractivity contribution in [1.29, 1.82) is 0 Å². The maximum Gasteiger partial charge on any atom is 0.0700 e. The maximum atomic E-state index is 8.56. The average molecular weight is 160 g/mol. The SMILES string of the molecule is CC.CN=O.NCC1CCC1. The van der Waals surface area contributed by atoms with Crippen LogP contribution in [0.5, 0.6) is 0 Å². The van der Waals surface area contributed by atoms with Gasteiger partial charge in [0, 0.05) is 0 Å². The molecule has 68 valence electrons. The van der Waals surface area contributed by atoms with Crippen molar-refractivity contribution < 1.29 is 0 Å². The van der Waals surface area contributed by atoms with Gasteiger partial charge in [-0.25, -0.2) is 0 Å². The Morgan fingerprint density at radius 2 is 1.82 bits per heavy atom. The van der Waals surface area contributed by atoms with Crippen LogP contribution in [0.15, 0.2) is 5.18 Å². The van der Waals surface area contributed by atoms with E-state index >= 15 is 0 Å². The van der Waals surface area contributed by atoms with Crippen LogP contribution in [0.2, 0.25) is 0 Å². The average Bonchev–Trinajstić information content (AvgIpc) is 1.91. The topological polar surface area (TPSA) is 55.5 Å². The third kappa shape index (κ3) is 9.56. The van der Waals surface area contributed by atoms with Crippen LogP contribution >= 0.6 is 0 Å². The second-order valence-corrected chi connectivity index (χ2v) is 2.22. The number of nitrogens with two attached hydrogens (primary N) is 1. The van der Waals surface area contributed by atoms with Crippen molar-refractivity contribution >= 4 is 0 Å². The molecule has 0 amide bonds. The molecule has 0 spiro atoms. The van der Waals surface area contributed by atoms with Crippen LogP contribution in [-0.4, -0.2) is 13.6 Å². The molecule has 2 N–H and O–H groups in total. The van der Waals surface area contributed by atoms with Gasteiger partial charge in [0.2, 0.25) is 0 Å². The standard InChI is InChI=1S/C5H11N.C2H6.CH3NO/c6-4-5-2-1-3-5;1-2;1-2-3/h5H,1-4,6H2;1-2H3;1H3. The summed E-state index contributed by atoms with van der Waals surface area (Å²) in [6, 6.07) is 0. The van der Waals surface area contributed by atoms with E-state index in [4.69, 9.17) is 10.6 Å². The number of rotatable bonds is 1. The molecular formula is C8H20N2O. The van der Waals surface area contributed by atoms with Crippen molar-refractivity contribution in [2.75, 3.05) is 13.6 Å². The first-order chi connectivity index (χ1) is 5.35. The minimum Gasteiger partial charge on any atom is -0.330 e. The quantitative estimate of drug-likeness (QED) is 0.597. The summed E-state index contributed by atoms with van der Waals surface area (Å²) in [6.07, 6.45) is 4.19. The Morgan fingerprint density at radius 3 is 1.82 bits per heavy atom. The van der Waals surface area contributed by atoms with Crippen LogP contribution in [0, 0.1) is 10.8 Å². The fourth-order valence-corrected chi connectivity index (χ4v) is 0.729. The summed E-state index contributed by atoms with van der Waals surface area (Å²) >= 11 is 0. The fourth-order valence-electron chi connectivity index (χ4n) is 0.729. The van der Waals surface area contributed by atoms with Gasteiger partial charge in [0.15, 0.2) is 0 Å². The van der Waals surface area contributed by atoms with Crippen molar-refractivity contribution in [2.24, 2.45) is 16.8 Å². The highest BCUT2D eigenvalue weighted by Crippen LogP contribution is 2.24. The molecule has 1 fully saturated rings. The molecule has 0 aliphatic heterocycles. The van der Waals surface area contributed by atoms with Gasteiger partial charge >= 0.3 is 0 Å². The second-order valence-electron chi connectivity index (χ2n) is 2.22. The van der Waals surface area contributed by atoms with Gasteiger partial charge in [0.25, 0.3) is 0 Å². The number of hydrogen-bond acceptors (Lipinski definition) is 3. The van der Waals surface area contributed by atoms with E-state index in [1.165, 1.54) is 26.3 Å². The molecule has 3 nitrogen and oxygen atoms in total. The first kappa shape index (κ1) is 13.2. The summed E-state index contributed by atoms with van der Waals surface area (Å²) < 4.78 is 0. The zero-order chi connectivity index (χ0) is 9.11. The van der Waals surface area contributed by atoms with Gasteiger partial charge in [0.05, 0.1) is 7.05 Å². The highest BCUT2D eigenvalue weighted by molar-refractivity contribution is 4.68. The summed E-state index contributed by atoms with van der Waals surface area (Å²) in [7, 11) is 1.19. The van der Waals surface area contributed by atoms with Crippen molar-refractivity contribution in [3.05, 3.63) is 4.91 Å². The van der Waals surface area contributed by atoms with Crippen LogP contribution in [0.25, 0.3) is 0 Å². The molecule has 0 heterocycles. The third-order valence-corrected chi connectivity index (χ3v) is 1.56. The normalized spacial score (nSPS) is 14.5. The molecule has 0 radical (unpaired) electrons. The Morgan fingerprint density at radius 1 is 1.45 bits per heavy atom. The summed E-state index contributed by atoms with van der Waals surface area (Å²) in [6.45, 7) is 4.92. The molecule has 0 unspecified atom stereocenters. The predicted octanol–water partition coefficient (Wildman–Crippen LogP) is 2.15. The van der Waals surface area contributed by atoms with E-state index in [1.54, 1.807) is 0 Å². The monoisotopic (exact) mass is 160 g/mol. The van der Waals surface area contributed by atoms with E-state index in [9.17, 15) is 0 Å². The van der Waals surface area contributed by atoms with Crippen molar-refractivity contribution in [3.8, 4) is 0 Å². The lowest BCUT2D eigenvalue weighted by molar-refractivity contribution is 0.325. The molecule has 1 aliphatic rings. The lowest BCUT2D eigenvalue weighted by atomic mass is 9.86. The van der Waals surface area contributed by atoms with Gasteiger partial charge in [-0.2, -0.15) is 4.91 Å². The summed E-state index contributed by atoms with van der Waals surface area (Å²) in [5, 5.41) is 2.25. The molecule has 0 saturated heterocycles. The fraction of sp³-hybridized carbons (Fsp3) is 1.00. The molecule has 1 saturated carbocycles. The Hall–Kier alpha value is -0.440. The number of nitrogens with zero attached hydrogens (tertiary/aromatic N) is 1. The molecule has 1 aliphatic carbocycles. The Labute approximate surface area is 69.3 Å². The van der Waals surface area contributed by atoms with E-state index in [0.29, 0.717) is 0 Å². The van der Waals surface area contributed by atoms with Crippen LogP contribution in [-0.2, 0) is 0 Å². The summed E-state index contributed by atoms with van der Waals surface area (Å²) in [4.78, 5) is 8.56. The molecular weight excluding hydrogens is 140 g/mol. The molecule has 3 heteroatoms. The van der Waals surface area contributed by atoms with Crippen molar-refractivity contribution in [3.63, 3.8) is 0 Å². The van der Waals surface area contributed by atoms with E-state index in [-0.39, 0.29) is 0 Å². The van der Waals surface area contributed by atoms with Crippen LogP contribution in [0.3, 0.4) is 0 Å². The molecule has 0 atom stereocenters. The van der Waals surface area contributed by atoms with E-state index in [2.05, 4.69) is 5.18 Å². The summed E-state index contributed by atoms with van der Waals surface area (Å²) in [5.74, 6) is 0.894. The molecule has 0 aromatic carbocycles. The molecule has 11 heavy (non-hydrogen) atoms. The van der Waals surface area contributed by atoms with Gasteiger partial charge in [-0.1, -0.05) is 25.4 Å². The first-order valence-electron chi connectivity index (χ1n) is 4.26. The highest BCUT2D eigenvalue weighted by atomic mass is 16.2. The van der Waals surface area contributed by atoms with Crippen LogP contribution < -0.4 is 5.73 Å². The van der Waals surface area contributed by atoms with E-state index in [0.717, 1.165) is 12.5 Å².